The number of hydrogen-bond donors (Lipinski definition) is 1. The summed E-state index contributed by atoms with van der Waals surface area (Å²) in [7, 11) is 0. The zero-order valence-corrected chi connectivity index (χ0v) is 9.18. The Labute approximate surface area is 88.1 Å². The van der Waals surface area contributed by atoms with Gasteiger partial charge in [-0.25, -0.2) is 4.98 Å². The topological polar surface area (TPSA) is 37.8 Å². The highest BCUT2D eigenvalue weighted by Gasteiger charge is 2.50. The van der Waals surface area contributed by atoms with Gasteiger partial charge in [-0.3, -0.25) is 0 Å². The molecule has 0 bridgehead atoms. The zero-order valence-electron chi connectivity index (χ0n) is 8.36. The van der Waals surface area contributed by atoms with Gasteiger partial charge in [0, 0.05) is 17.6 Å². The molecule has 76 valence electrons. The molecule has 4 heteroatoms. The molecule has 2 aliphatic carbocycles. The average Bonchev–Trinajstić information content (AvgIpc) is 2.72. The van der Waals surface area contributed by atoms with Gasteiger partial charge in [-0.15, -0.1) is 0 Å². The first-order chi connectivity index (χ1) is 6.84. The minimum Gasteiger partial charge on any atom is -0.357 e. The third-order valence-corrected chi connectivity index (χ3v) is 4.21. The second-order valence-electron chi connectivity index (χ2n) is 4.43. The summed E-state index contributed by atoms with van der Waals surface area (Å²) in [5, 5.41) is 4.54. The maximum Gasteiger partial charge on any atom is 0.202 e. The quantitative estimate of drug-likeness (QED) is 0.813. The Hall–Kier alpha value is -0.640. The fourth-order valence-corrected chi connectivity index (χ4v) is 3.33. The number of rotatable bonds is 2. The number of nitrogens with one attached hydrogen (secondary N) is 1. The van der Waals surface area contributed by atoms with Crippen molar-refractivity contribution in [2.45, 2.75) is 38.6 Å². The largest absolute Gasteiger partial charge is 0.357 e. The van der Waals surface area contributed by atoms with E-state index in [-0.39, 0.29) is 0 Å². The maximum absolute atomic E-state index is 4.35. The number of anilines is 1. The number of aromatic nitrogens is 2. The Morgan fingerprint density at radius 2 is 2.00 bits per heavy atom. The number of fused-ring (bicyclic) bond motifs is 1. The van der Waals surface area contributed by atoms with Crippen LogP contribution in [0.15, 0.2) is 0 Å². The van der Waals surface area contributed by atoms with E-state index in [1.54, 1.807) is 0 Å². The molecule has 2 saturated carbocycles. The van der Waals surface area contributed by atoms with E-state index in [4.69, 9.17) is 0 Å². The summed E-state index contributed by atoms with van der Waals surface area (Å²) in [4.78, 5) is 4.35. The van der Waals surface area contributed by atoms with Gasteiger partial charge in [0.25, 0.3) is 0 Å². The third kappa shape index (κ3) is 1.41. The Morgan fingerprint density at radius 1 is 1.29 bits per heavy atom. The van der Waals surface area contributed by atoms with Crippen molar-refractivity contribution < 1.29 is 0 Å². The maximum atomic E-state index is 4.35. The van der Waals surface area contributed by atoms with Crippen molar-refractivity contribution >= 4 is 16.7 Å². The zero-order chi connectivity index (χ0) is 9.54. The lowest BCUT2D eigenvalue weighted by Crippen LogP contribution is -2.04. The van der Waals surface area contributed by atoms with Gasteiger partial charge < -0.3 is 5.32 Å². The summed E-state index contributed by atoms with van der Waals surface area (Å²) in [5.74, 6) is 2.77. The fourth-order valence-electron chi connectivity index (χ4n) is 2.70. The molecule has 1 aromatic heterocycles. The molecule has 2 aliphatic rings. The molecule has 0 saturated heterocycles. The molecule has 1 N–H and O–H groups in total. The van der Waals surface area contributed by atoms with Gasteiger partial charge in [0.1, 0.15) is 5.82 Å². The monoisotopic (exact) mass is 209 g/mol. The highest BCUT2D eigenvalue weighted by atomic mass is 32.1. The van der Waals surface area contributed by atoms with E-state index in [0.29, 0.717) is 6.04 Å². The van der Waals surface area contributed by atoms with Crippen molar-refractivity contribution in [1.82, 2.24) is 9.36 Å². The number of nitrogens with zero attached hydrogens (tertiary/aromatic N) is 2. The minimum atomic E-state index is 0.713. The Morgan fingerprint density at radius 3 is 2.57 bits per heavy atom. The predicted octanol–water partition coefficient (Wildman–Crippen LogP) is 2.45. The fraction of sp³-hybridized carbons (Fsp3) is 0.800. The van der Waals surface area contributed by atoms with E-state index in [2.05, 4.69) is 14.7 Å². The summed E-state index contributed by atoms with van der Waals surface area (Å²) in [6.45, 7) is 1.95. The van der Waals surface area contributed by atoms with E-state index >= 15 is 0 Å². The molecule has 0 aromatic carbocycles. The molecule has 0 spiro atoms. The van der Waals surface area contributed by atoms with Crippen molar-refractivity contribution in [3.8, 4) is 0 Å². The van der Waals surface area contributed by atoms with Crippen LogP contribution >= 0.6 is 11.5 Å². The summed E-state index contributed by atoms with van der Waals surface area (Å²) in [6, 6.07) is 0.713. The molecule has 0 amide bonds. The lowest BCUT2D eigenvalue weighted by Gasteiger charge is -2.04. The van der Waals surface area contributed by atoms with Gasteiger partial charge in [0.05, 0.1) is 0 Å². The van der Waals surface area contributed by atoms with Crippen molar-refractivity contribution in [3.63, 3.8) is 0 Å². The molecule has 14 heavy (non-hydrogen) atoms. The molecular formula is C10H15N3S. The van der Waals surface area contributed by atoms with Crippen molar-refractivity contribution in [2.24, 2.45) is 11.8 Å². The Balaban J connectivity index is 1.64. The first kappa shape index (κ1) is 8.65. The van der Waals surface area contributed by atoms with Crippen LogP contribution in [-0.4, -0.2) is 15.4 Å². The molecule has 1 heterocycles. The second-order valence-corrected chi connectivity index (χ2v) is 5.18. The SMILES string of the molecule is Cc1nsc(NC2C3CCCCC32)n1. The molecule has 2 unspecified atom stereocenters. The van der Waals surface area contributed by atoms with Crippen molar-refractivity contribution in [1.29, 1.82) is 0 Å². The van der Waals surface area contributed by atoms with E-state index in [1.807, 2.05) is 6.92 Å². The van der Waals surface area contributed by atoms with Crippen LogP contribution in [0.3, 0.4) is 0 Å². The molecule has 1 aromatic rings. The minimum absolute atomic E-state index is 0.713. The van der Waals surface area contributed by atoms with Crippen LogP contribution in [0, 0.1) is 18.8 Å². The van der Waals surface area contributed by atoms with Crippen LogP contribution in [0.1, 0.15) is 31.5 Å². The molecule has 3 rings (SSSR count). The van der Waals surface area contributed by atoms with E-state index in [9.17, 15) is 0 Å². The predicted molar refractivity (Wildman–Crippen MR) is 57.5 cm³/mol. The van der Waals surface area contributed by atoms with E-state index < -0.39 is 0 Å². The summed E-state index contributed by atoms with van der Waals surface area (Å²) in [5.41, 5.74) is 0. The molecule has 0 aliphatic heterocycles. The first-order valence-electron chi connectivity index (χ1n) is 5.41. The highest BCUT2D eigenvalue weighted by molar-refractivity contribution is 7.09. The van der Waals surface area contributed by atoms with Gasteiger partial charge in [-0.05, 0) is 31.6 Å². The highest BCUT2D eigenvalue weighted by Crippen LogP contribution is 2.51. The van der Waals surface area contributed by atoms with Crippen LogP contribution in [0.25, 0.3) is 0 Å². The van der Waals surface area contributed by atoms with Gasteiger partial charge >= 0.3 is 0 Å². The van der Waals surface area contributed by atoms with Crippen LogP contribution < -0.4 is 5.32 Å². The normalized spacial score (nSPS) is 35.1. The summed E-state index contributed by atoms with van der Waals surface area (Å²) < 4.78 is 4.18. The summed E-state index contributed by atoms with van der Waals surface area (Å²) in [6.07, 6.45) is 5.68. The van der Waals surface area contributed by atoms with Crippen LogP contribution in [0.5, 0.6) is 0 Å². The van der Waals surface area contributed by atoms with Gasteiger partial charge in [-0.2, -0.15) is 4.37 Å². The first-order valence-corrected chi connectivity index (χ1v) is 6.19. The average molecular weight is 209 g/mol. The second kappa shape index (κ2) is 3.19. The number of aryl methyl sites for hydroxylation is 1. The lowest BCUT2D eigenvalue weighted by molar-refractivity contribution is 0.480. The molecular weight excluding hydrogens is 194 g/mol. The van der Waals surface area contributed by atoms with Crippen LogP contribution in [0.4, 0.5) is 5.13 Å². The third-order valence-electron chi connectivity index (χ3n) is 3.47. The van der Waals surface area contributed by atoms with Crippen LogP contribution in [0.2, 0.25) is 0 Å². The Bertz CT molecular complexity index is 324. The Kier molecular flexibility index (Phi) is 1.97. The van der Waals surface area contributed by atoms with E-state index in [0.717, 1.165) is 22.8 Å². The molecule has 0 radical (unpaired) electrons. The summed E-state index contributed by atoms with van der Waals surface area (Å²) >= 11 is 1.49. The molecule has 2 fully saturated rings. The van der Waals surface area contributed by atoms with Gasteiger partial charge in [0.2, 0.25) is 5.13 Å². The van der Waals surface area contributed by atoms with Gasteiger partial charge in [0.15, 0.2) is 0 Å². The van der Waals surface area contributed by atoms with Gasteiger partial charge in [-0.1, -0.05) is 12.8 Å². The molecule has 2 atom stereocenters. The smallest absolute Gasteiger partial charge is 0.202 e. The standard InChI is InChI=1S/C10H15N3S/c1-6-11-10(14-13-6)12-9-7-4-2-3-5-8(7)9/h7-9H,2-5H2,1H3,(H,11,12,13). The lowest BCUT2D eigenvalue weighted by atomic mass is 10.0. The van der Waals surface area contributed by atoms with Crippen molar-refractivity contribution in [3.05, 3.63) is 5.82 Å². The van der Waals surface area contributed by atoms with E-state index in [1.165, 1.54) is 37.2 Å². The number of hydrogen-bond acceptors (Lipinski definition) is 4. The van der Waals surface area contributed by atoms with Crippen molar-refractivity contribution in [2.75, 3.05) is 5.32 Å². The molecule has 3 nitrogen and oxygen atoms in total. The van der Waals surface area contributed by atoms with Crippen LogP contribution in [-0.2, 0) is 0 Å².